The second-order valence-corrected chi connectivity index (χ2v) is 3.10. The van der Waals surface area contributed by atoms with E-state index in [1.807, 2.05) is 0 Å². The molecule has 1 saturated heterocycles. The predicted molar refractivity (Wildman–Crippen MR) is 44.5 cm³/mol. The number of amides is 1. The van der Waals surface area contributed by atoms with Gasteiger partial charge in [0.15, 0.2) is 5.78 Å². The molecule has 0 bridgehead atoms. The predicted octanol–water partition coefficient (Wildman–Crippen LogP) is -1.38. The average Bonchev–Trinajstić information content (AvgIpc) is 2.40. The van der Waals surface area contributed by atoms with Crippen LogP contribution in [0.25, 0.3) is 0 Å². The SMILES string of the molecule is O=C1CC(=O)N([C@@H](CCO)C(=O)O)C1. The van der Waals surface area contributed by atoms with Crippen LogP contribution in [0, 0.1) is 0 Å². The molecule has 1 rings (SSSR count). The van der Waals surface area contributed by atoms with Crippen LogP contribution in [0.15, 0.2) is 0 Å². The van der Waals surface area contributed by atoms with Crippen LogP contribution >= 0.6 is 0 Å². The van der Waals surface area contributed by atoms with E-state index in [1.165, 1.54) is 0 Å². The van der Waals surface area contributed by atoms with Gasteiger partial charge in [-0.2, -0.15) is 0 Å². The second-order valence-electron chi connectivity index (χ2n) is 3.10. The number of carbonyl (C=O) groups is 3. The molecular weight excluding hydrogens is 190 g/mol. The zero-order chi connectivity index (χ0) is 10.7. The maximum absolute atomic E-state index is 11.2. The number of carbonyl (C=O) groups excluding carboxylic acids is 2. The highest BCUT2D eigenvalue weighted by molar-refractivity contribution is 6.06. The minimum absolute atomic E-state index is 0.0473. The van der Waals surface area contributed by atoms with E-state index in [1.54, 1.807) is 0 Å². The summed E-state index contributed by atoms with van der Waals surface area (Å²) in [4.78, 5) is 33.8. The Kier molecular flexibility index (Phi) is 3.19. The van der Waals surface area contributed by atoms with Gasteiger partial charge in [0.25, 0.3) is 0 Å². The lowest BCUT2D eigenvalue weighted by Gasteiger charge is -2.22. The first-order valence-electron chi connectivity index (χ1n) is 4.21. The highest BCUT2D eigenvalue weighted by Crippen LogP contribution is 2.13. The molecule has 2 N–H and O–H groups in total. The lowest BCUT2D eigenvalue weighted by atomic mass is 10.2. The van der Waals surface area contributed by atoms with E-state index in [9.17, 15) is 14.4 Å². The van der Waals surface area contributed by atoms with Crippen molar-refractivity contribution in [3.63, 3.8) is 0 Å². The molecule has 78 valence electrons. The molecule has 0 aromatic carbocycles. The van der Waals surface area contributed by atoms with Crippen LogP contribution in [0.3, 0.4) is 0 Å². The summed E-state index contributed by atoms with van der Waals surface area (Å²) in [5.74, 6) is -1.95. The van der Waals surface area contributed by atoms with Crippen LogP contribution in [0.2, 0.25) is 0 Å². The first-order chi connectivity index (χ1) is 6.56. The summed E-state index contributed by atoms with van der Waals surface area (Å²) in [6, 6.07) is -1.08. The molecule has 1 fully saturated rings. The van der Waals surface area contributed by atoms with Gasteiger partial charge in [-0.05, 0) is 0 Å². The summed E-state index contributed by atoms with van der Waals surface area (Å²) >= 11 is 0. The highest BCUT2D eigenvalue weighted by Gasteiger charge is 2.36. The van der Waals surface area contributed by atoms with E-state index in [0.717, 1.165) is 4.90 Å². The Morgan fingerprint density at radius 2 is 2.14 bits per heavy atom. The standard InChI is InChI=1S/C8H11NO5/c10-2-1-6(8(13)14)9-4-5(11)3-7(9)12/h6,10H,1-4H2,(H,13,14)/t6-/m0/s1. The number of carboxylic acids is 1. The Hall–Kier alpha value is -1.43. The number of nitrogens with zero attached hydrogens (tertiary/aromatic N) is 1. The minimum atomic E-state index is -1.19. The summed E-state index contributed by atoms with van der Waals surface area (Å²) in [5.41, 5.74) is 0. The molecular formula is C8H11NO5. The number of carboxylic acid groups (broad SMARTS) is 1. The quantitative estimate of drug-likeness (QED) is 0.547. The van der Waals surface area contributed by atoms with Crippen molar-refractivity contribution < 1.29 is 24.6 Å². The highest BCUT2D eigenvalue weighted by atomic mass is 16.4. The van der Waals surface area contributed by atoms with Crippen molar-refractivity contribution in [2.24, 2.45) is 0 Å². The molecule has 1 heterocycles. The minimum Gasteiger partial charge on any atom is -0.480 e. The van der Waals surface area contributed by atoms with Gasteiger partial charge >= 0.3 is 5.97 Å². The summed E-state index contributed by atoms with van der Waals surface area (Å²) in [6.07, 6.45) is -0.274. The van der Waals surface area contributed by atoms with Gasteiger partial charge in [0, 0.05) is 13.0 Å². The van der Waals surface area contributed by atoms with Crippen LogP contribution in [-0.4, -0.2) is 52.0 Å². The van der Waals surface area contributed by atoms with Crippen molar-refractivity contribution in [1.29, 1.82) is 0 Å². The van der Waals surface area contributed by atoms with E-state index in [2.05, 4.69) is 0 Å². The van der Waals surface area contributed by atoms with Crippen LogP contribution in [0.4, 0.5) is 0 Å². The number of hydrogen-bond acceptors (Lipinski definition) is 4. The lowest BCUT2D eigenvalue weighted by molar-refractivity contribution is -0.148. The number of hydrogen-bond donors (Lipinski definition) is 2. The molecule has 1 aliphatic rings. The van der Waals surface area contributed by atoms with Crippen molar-refractivity contribution in [2.75, 3.05) is 13.2 Å². The van der Waals surface area contributed by atoms with Crippen molar-refractivity contribution >= 4 is 17.7 Å². The largest absolute Gasteiger partial charge is 0.480 e. The fraction of sp³-hybridized carbons (Fsp3) is 0.625. The van der Waals surface area contributed by atoms with Gasteiger partial charge in [-0.3, -0.25) is 9.59 Å². The number of likely N-dealkylation sites (tertiary alicyclic amines) is 1. The maximum Gasteiger partial charge on any atom is 0.326 e. The Bertz CT molecular complexity index is 275. The Morgan fingerprint density at radius 1 is 1.50 bits per heavy atom. The fourth-order valence-electron chi connectivity index (χ4n) is 1.42. The third-order valence-electron chi connectivity index (χ3n) is 2.08. The molecule has 0 aromatic heterocycles. The monoisotopic (exact) mass is 201 g/mol. The topological polar surface area (TPSA) is 94.9 Å². The van der Waals surface area contributed by atoms with Crippen molar-refractivity contribution in [2.45, 2.75) is 18.9 Å². The molecule has 0 aliphatic carbocycles. The van der Waals surface area contributed by atoms with E-state index >= 15 is 0 Å². The van der Waals surface area contributed by atoms with Gasteiger partial charge < -0.3 is 15.1 Å². The van der Waals surface area contributed by atoms with Gasteiger partial charge in [0.2, 0.25) is 5.91 Å². The third kappa shape index (κ3) is 2.08. The van der Waals surface area contributed by atoms with Gasteiger partial charge in [-0.25, -0.2) is 4.79 Å². The Balaban J connectivity index is 2.73. The molecule has 6 heteroatoms. The smallest absolute Gasteiger partial charge is 0.326 e. The van der Waals surface area contributed by atoms with E-state index in [-0.39, 0.29) is 31.8 Å². The lowest BCUT2D eigenvalue weighted by Crippen LogP contribution is -2.42. The van der Waals surface area contributed by atoms with Crippen molar-refractivity contribution in [3.05, 3.63) is 0 Å². The fourth-order valence-corrected chi connectivity index (χ4v) is 1.42. The Morgan fingerprint density at radius 3 is 2.50 bits per heavy atom. The number of aliphatic hydroxyl groups excluding tert-OH is 1. The van der Waals surface area contributed by atoms with E-state index in [0.29, 0.717) is 0 Å². The number of Topliss-reactive ketones (excluding diaryl/α,β-unsaturated/α-hetero) is 1. The van der Waals surface area contributed by atoms with Crippen LogP contribution in [-0.2, 0) is 14.4 Å². The molecule has 14 heavy (non-hydrogen) atoms. The maximum atomic E-state index is 11.2. The normalized spacial score (nSPS) is 18.8. The first-order valence-corrected chi connectivity index (χ1v) is 4.21. The van der Waals surface area contributed by atoms with Crippen LogP contribution < -0.4 is 0 Å². The van der Waals surface area contributed by atoms with Gasteiger partial charge in [0.05, 0.1) is 13.0 Å². The zero-order valence-corrected chi connectivity index (χ0v) is 7.47. The van der Waals surface area contributed by atoms with Gasteiger partial charge in [-0.15, -0.1) is 0 Å². The molecule has 1 aliphatic heterocycles. The number of aliphatic hydroxyl groups is 1. The number of aliphatic carboxylic acids is 1. The zero-order valence-electron chi connectivity index (χ0n) is 7.47. The summed E-state index contributed by atoms with van der Waals surface area (Å²) in [7, 11) is 0. The van der Waals surface area contributed by atoms with Crippen LogP contribution in [0.1, 0.15) is 12.8 Å². The summed E-state index contributed by atoms with van der Waals surface area (Å²) in [5, 5.41) is 17.4. The third-order valence-corrected chi connectivity index (χ3v) is 2.08. The molecule has 0 spiro atoms. The summed E-state index contributed by atoms with van der Waals surface area (Å²) < 4.78 is 0. The number of rotatable bonds is 4. The molecule has 0 radical (unpaired) electrons. The van der Waals surface area contributed by atoms with Gasteiger partial charge in [0.1, 0.15) is 6.04 Å². The van der Waals surface area contributed by atoms with Crippen LogP contribution in [0.5, 0.6) is 0 Å². The molecule has 1 atom stereocenters. The molecule has 6 nitrogen and oxygen atoms in total. The van der Waals surface area contributed by atoms with Crippen molar-refractivity contribution in [3.8, 4) is 0 Å². The van der Waals surface area contributed by atoms with E-state index in [4.69, 9.17) is 10.2 Å². The second kappa shape index (κ2) is 4.19. The average molecular weight is 201 g/mol. The van der Waals surface area contributed by atoms with Crippen molar-refractivity contribution in [1.82, 2.24) is 4.90 Å². The summed E-state index contributed by atoms with van der Waals surface area (Å²) in [6.45, 7) is -0.481. The number of ketones is 1. The first kappa shape index (κ1) is 10.6. The molecule has 1 amide bonds. The van der Waals surface area contributed by atoms with Gasteiger partial charge in [-0.1, -0.05) is 0 Å². The molecule has 0 unspecified atom stereocenters. The molecule has 0 aromatic rings. The Labute approximate surface area is 80.1 Å². The molecule has 0 saturated carbocycles. The van der Waals surface area contributed by atoms with E-state index < -0.39 is 17.9 Å².